The smallest absolute Gasteiger partial charge is 0.223 e. The van der Waals surface area contributed by atoms with E-state index in [1.807, 2.05) is 0 Å². The molecule has 1 aliphatic rings. The molecule has 0 saturated heterocycles. The first-order chi connectivity index (χ1) is 10.2. The SMILES string of the molecule is CN=C(NCCNC(=O)C1CC1)NCC(C)c1cccs1. The summed E-state index contributed by atoms with van der Waals surface area (Å²) in [5, 5.41) is 11.6. The van der Waals surface area contributed by atoms with Crippen molar-refractivity contribution in [3.8, 4) is 0 Å². The van der Waals surface area contributed by atoms with Gasteiger partial charge in [0.2, 0.25) is 5.91 Å². The van der Waals surface area contributed by atoms with Crippen LogP contribution in [0.1, 0.15) is 30.6 Å². The predicted molar refractivity (Wildman–Crippen MR) is 87.8 cm³/mol. The van der Waals surface area contributed by atoms with Crippen molar-refractivity contribution < 1.29 is 4.79 Å². The van der Waals surface area contributed by atoms with Gasteiger partial charge in [0.1, 0.15) is 0 Å². The molecule has 0 aromatic carbocycles. The number of carbonyl (C=O) groups is 1. The summed E-state index contributed by atoms with van der Waals surface area (Å²) in [7, 11) is 1.76. The molecule has 1 fully saturated rings. The summed E-state index contributed by atoms with van der Waals surface area (Å²) < 4.78 is 0. The van der Waals surface area contributed by atoms with E-state index in [9.17, 15) is 4.79 Å². The number of thiophene rings is 1. The molecule has 1 aromatic heterocycles. The molecule has 1 atom stereocenters. The molecule has 0 bridgehead atoms. The van der Waals surface area contributed by atoms with Gasteiger partial charge in [-0.25, -0.2) is 0 Å². The van der Waals surface area contributed by atoms with Crippen molar-refractivity contribution in [1.29, 1.82) is 0 Å². The number of carbonyl (C=O) groups excluding carboxylic acids is 1. The van der Waals surface area contributed by atoms with Gasteiger partial charge < -0.3 is 16.0 Å². The quantitative estimate of drug-likeness (QED) is 0.407. The number of hydrogen-bond acceptors (Lipinski definition) is 3. The molecule has 0 aliphatic heterocycles. The summed E-state index contributed by atoms with van der Waals surface area (Å²) >= 11 is 1.78. The van der Waals surface area contributed by atoms with Gasteiger partial charge in [-0.1, -0.05) is 13.0 Å². The minimum atomic E-state index is 0.186. The van der Waals surface area contributed by atoms with E-state index in [0.29, 0.717) is 19.0 Å². The van der Waals surface area contributed by atoms with E-state index < -0.39 is 0 Å². The second-order valence-corrected chi connectivity index (χ2v) is 6.34. The van der Waals surface area contributed by atoms with Crippen molar-refractivity contribution in [3.05, 3.63) is 22.4 Å². The molecule has 6 heteroatoms. The lowest BCUT2D eigenvalue weighted by Crippen LogP contribution is -2.42. The van der Waals surface area contributed by atoms with Gasteiger partial charge in [-0.05, 0) is 24.3 Å². The highest BCUT2D eigenvalue weighted by molar-refractivity contribution is 7.10. The lowest BCUT2D eigenvalue weighted by molar-refractivity contribution is -0.122. The first kappa shape index (κ1) is 15.8. The molecule has 1 heterocycles. The van der Waals surface area contributed by atoms with Crippen LogP contribution in [0, 0.1) is 5.92 Å². The fourth-order valence-corrected chi connectivity index (χ4v) is 2.79. The highest BCUT2D eigenvalue weighted by Crippen LogP contribution is 2.28. The van der Waals surface area contributed by atoms with Gasteiger partial charge in [-0.15, -0.1) is 11.3 Å². The second-order valence-electron chi connectivity index (χ2n) is 5.36. The number of aliphatic imine (C=N–C) groups is 1. The lowest BCUT2D eigenvalue weighted by atomic mass is 10.1. The van der Waals surface area contributed by atoms with Gasteiger partial charge in [0.05, 0.1) is 0 Å². The minimum absolute atomic E-state index is 0.186. The largest absolute Gasteiger partial charge is 0.356 e. The van der Waals surface area contributed by atoms with Crippen molar-refractivity contribution in [2.24, 2.45) is 10.9 Å². The zero-order valence-electron chi connectivity index (χ0n) is 12.7. The molecular weight excluding hydrogens is 284 g/mol. The van der Waals surface area contributed by atoms with Crippen molar-refractivity contribution in [1.82, 2.24) is 16.0 Å². The first-order valence-corrected chi connectivity index (χ1v) is 8.34. The Balaban J connectivity index is 1.60. The van der Waals surface area contributed by atoms with E-state index in [1.54, 1.807) is 18.4 Å². The van der Waals surface area contributed by atoms with E-state index in [-0.39, 0.29) is 11.8 Å². The maximum Gasteiger partial charge on any atom is 0.223 e. The lowest BCUT2D eigenvalue weighted by Gasteiger charge is -2.15. The maximum absolute atomic E-state index is 11.5. The van der Waals surface area contributed by atoms with Crippen LogP contribution in [0.25, 0.3) is 0 Å². The molecule has 1 aromatic rings. The second kappa shape index (κ2) is 8.02. The normalized spacial score (nSPS) is 16.4. The molecule has 21 heavy (non-hydrogen) atoms. The Morgan fingerprint density at radius 2 is 2.14 bits per heavy atom. The Labute approximate surface area is 130 Å². The number of amides is 1. The average molecular weight is 308 g/mol. The average Bonchev–Trinajstić information content (AvgIpc) is 3.20. The maximum atomic E-state index is 11.5. The molecule has 3 N–H and O–H groups in total. The van der Waals surface area contributed by atoms with Gasteiger partial charge >= 0.3 is 0 Å². The van der Waals surface area contributed by atoms with E-state index in [1.165, 1.54) is 4.88 Å². The van der Waals surface area contributed by atoms with Crippen LogP contribution in [0.2, 0.25) is 0 Å². The minimum Gasteiger partial charge on any atom is -0.356 e. The van der Waals surface area contributed by atoms with Crippen LogP contribution in [-0.2, 0) is 4.79 Å². The zero-order valence-corrected chi connectivity index (χ0v) is 13.5. The summed E-state index contributed by atoms with van der Waals surface area (Å²) in [4.78, 5) is 17.0. The number of guanidine groups is 1. The van der Waals surface area contributed by atoms with E-state index in [2.05, 4.69) is 45.4 Å². The zero-order chi connectivity index (χ0) is 15.1. The Bertz CT molecular complexity index is 468. The number of nitrogens with one attached hydrogen (secondary N) is 3. The molecule has 1 amide bonds. The summed E-state index contributed by atoms with van der Waals surface area (Å²) in [5.74, 6) is 1.69. The third-order valence-corrected chi connectivity index (χ3v) is 4.60. The Kier molecular flexibility index (Phi) is 6.04. The first-order valence-electron chi connectivity index (χ1n) is 7.46. The van der Waals surface area contributed by atoms with Gasteiger partial charge in [0.15, 0.2) is 5.96 Å². The van der Waals surface area contributed by atoms with Gasteiger partial charge in [-0.3, -0.25) is 9.79 Å². The summed E-state index contributed by atoms with van der Waals surface area (Å²) in [6, 6.07) is 4.23. The molecule has 116 valence electrons. The molecule has 5 nitrogen and oxygen atoms in total. The topological polar surface area (TPSA) is 65.5 Å². The van der Waals surface area contributed by atoms with E-state index in [4.69, 9.17) is 0 Å². The molecule has 0 spiro atoms. The van der Waals surface area contributed by atoms with Crippen molar-refractivity contribution in [3.63, 3.8) is 0 Å². The highest BCUT2D eigenvalue weighted by Gasteiger charge is 2.28. The van der Waals surface area contributed by atoms with Crippen molar-refractivity contribution >= 4 is 23.2 Å². The van der Waals surface area contributed by atoms with Crippen LogP contribution in [0.5, 0.6) is 0 Å². The van der Waals surface area contributed by atoms with Gasteiger partial charge in [-0.2, -0.15) is 0 Å². The monoisotopic (exact) mass is 308 g/mol. The number of hydrogen-bond donors (Lipinski definition) is 3. The molecule has 1 unspecified atom stereocenters. The molecular formula is C15H24N4OS. The van der Waals surface area contributed by atoms with Crippen LogP contribution in [0.4, 0.5) is 0 Å². The van der Waals surface area contributed by atoms with Gasteiger partial charge in [0, 0.05) is 43.4 Å². The van der Waals surface area contributed by atoms with Crippen LogP contribution >= 0.6 is 11.3 Å². The van der Waals surface area contributed by atoms with Crippen molar-refractivity contribution in [2.45, 2.75) is 25.7 Å². The van der Waals surface area contributed by atoms with Gasteiger partial charge in [0.25, 0.3) is 0 Å². The Hall–Kier alpha value is -1.56. The number of rotatable bonds is 7. The molecule has 2 rings (SSSR count). The van der Waals surface area contributed by atoms with E-state index in [0.717, 1.165) is 25.3 Å². The van der Waals surface area contributed by atoms with Crippen molar-refractivity contribution in [2.75, 3.05) is 26.7 Å². The van der Waals surface area contributed by atoms with Crippen LogP contribution in [-0.4, -0.2) is 38.5 Å². The third-order valence-electron chi connectivity index (χ3n) is 3.49. The molecule has 1 aliphatic carbocycles. The summed E-state index contributed by atoms with van der Waals surface area (Å²) in [6.45, 7) is 4.36. The van der Waals surface area contributed by atoms with Crippen LogP contribution in [0.3, 0.4) is 0 Å². The fourth-order valence-electron chi connectivity index (χ4n) is 2.00. The summed E-state index contributed by atoms with van der Waals surface area (Å²) in [5.41, 5.74) is 0. The third kappa shape index (κ3) is 5.38. The molecule has 1 saturated carbocycles. The van der Waals surface area contributed by atoms with Crippen LogP contribution < -0.4 is 16.0 Å². The van der Waals surface area contributed by atoms with E-state index >= 15 is 0 Å². The Morgan fingerprint density at radius 3 is 2.76 bits per heavy atom. The molecule has 0 radical (unpaired) electrons. The number of nitrogens with zero attached hydrogens (tertiary/aromatic N) is 1. The summed E-state index contributed by atoms with van der Waals surface area (Å²) in [6.07, 6.45) is 2.09. The Morgan fingerprint density at radius 1 is 1.38 bits per heavy atom. The predicted octanol–water partition coefficient (Wildman–Crippen LogP) is 1.54. The van der Waals surface area contributed by atoms with Crippen LogP contribution in [0.15, 0.2) is 22.5 Å². The standard InChI is InChI=1S/C15H24N4OS/c1-11(13-4-3-9-21-13)10-19-15(16-2)18-8-7-17-14(20)12-5-6-12/h3-4,9,11-12H,5-8,10H2,1-2H3,(H,17,20)(H2,16,18,19). The highest BCUT2D eigenvalue weighted by atomic mass is 32.1. The fraction of sp³-hybridized carbons (Fsp3) is 0.600.